The van der Waals surface area contributed by atoms with E-state index in [-0.39, 0.29) is 29.7 Å². The number of likely N-dealkylation sites (N-methyl/N-ethyl adjacent to an activating group) is 1. The van der Waals surface area contributed by atoms with E-state index < -0.39 is 58.0 Å². The first kappa shape index (κ1) is 24.2. The number of aromatic hydroxyl groups is 1. The molecule has 1 aromatic carbocycles. The number of ketones is 2. The molecule has 182 valence electrons. The Balaban J connectivity index is 1.95. The summed E-state index contributed by atoms with van der Waals surface area (Å²) in [6.45, 7) is 0.348. The lowest BCUT2D eigenvalue weighted by atomic mass is 9.58. The average Bonchev–Trinajstić information content (AvgIpc) is 2.73. The Morgan fingerprint density at radius 3 is 2.50 bits per heavy atom. The van der Waals surface area contributed by atoms with Crippen LogP contribution in [-0.4, -0.2) is 75.6 Å². The molecule has 1 amide bonds. The molecule has 7 N–H and O–H groups in total. The molecular weight excluding hydrogens is 466 g/mol. The van der Waals surface area contributed by atoms with Crippen LogP contribution in [0.4, 0.5) is 0 Å². The number of amides is 1. The fourth-order valence-corrected chi connectivity index (χ4v) is 5.97. The summed E-state index contributed by atoms with van der Waals surface area (Å²) in [5.74, 6) is -6.87. The maximum absolute atomic E-state index is 13.5. The molecule has 1 aromatic rings. The minimum absolute atomic E-state index is 0.0130. The number of carbonyl (C=O) groups excluding carboxylic acids is 3. The number of phenols is 1. The largest absolute Gasteiger partial charge is 0.510 e. The molecule has 34 heavy (non-hydrogen) atoms. The number of primary amides is 1. The molecule has 0 aromatic heterocycles. The zero-order valence-electron chi connectivity index (χ0n) is 18.8. The third-order valence-electron chi connectivity index (χ3n) is 7.10. The second-order valence-corrected chi connectivity index (χ2v) is 9.59. The number of hydrogen-bond donors (Lipinski definition) is 6. The molecular formula is C23H26ClN3O7. The van der Waals surface area contributed by atoms with E-state index in [1.54, 1.807) is 21.1 Å². The van der Waals surface area contributed by atoms with Gasteiger partial charge in [0.25, 0.3) is 5.91 Å². The number of phenolic OH excluding ortho intramolecular Hbond substituents is 1. The predicted molar refractivity (Wildman–Crippen MR) is 121 cm³/mol. The summed E-state index contributed by atoms with van der Waals surface area (Å²) in [7, 11) is 4.86. The molecule has 0 fully saturated rings. The smallest absolute Gasteiger partial charge is 0.255 e. The van der Waals surface area contributed by atoms with Crippen LogP contribution in [-0.2, 0) is 22.6 Å². The molecule has 11 heteroatoms. The van der Waals surface area contributed by atoms with Gasteiger partial charge in [0.15, 0.2) is 11.4 Å². The van der Waals surface area contributed by atoms with Crippen molar-refractivity contribution in [2.75, 3.05) is 21.1 Å². The fourth-order valence-electron chi connectivity index (χ4n) is 5.67. The minimum Gasteiger partial charge on any atom is -0.510 e. The van der Waals surface area contributed by atoms with Crippen LogP contribution in [0.25, 0.3) is 0 Å². The number of nitrogens with two attached hydrogens (primary N) is 1. The van der Waals surface area contributed by atoms with Gasteiger partial charge < -0.3 is 31.5 Å². The number of halogens is 1. The number of nitrogens with zero attached hydrogens (tertiary/aromatic N) is 1. The van der Waals surface area contributed by atoms with Crippen molar-refractivity contribution in [2.24, 2.45) is 17.6 Å². The van der Waals surface area contributed by atoms with Crippen LogP contribution in [0.3, 0.4) is 0 Å². The number of aliphatic hydroxyl groups is 3. The number of carbonyl (C=O) groups is 3. The van der Waals surface area contributed by atoms with Crippen molar-refractivity contribution in [1.82, 2.24) is 10.2 Å². The highest BCUT2D eigenvalue weighted by Crippen LogP contribution is 2.53. The van der Waals surface area contributed by atoms with Gasteiger partial charge in [-0.3, -0.25) is 19.3 Å². The van der Waals surface area contributed by atoms with Gasteiger partial charge in [-0.25, -0.2) is 0 Å². The van der Waals surface area contributed by atoms with Crippen molar-refractivity contribution >= 4 is 29.1 Å². The number of benzene rings is 1. The first-order valence-electron chi connectivity index (χ1n) is 10.7. The molecule has 4 atom stereocenters. The Kier molecular flexibility index (Phi) is 5.76. The molecule has 0 spiro atoms. The van der Waals surface area contributed by atoms with Gasteiger partial charge in [-0.05, 0) is 57.1 Å². The number of nitrogens with one attached hydrogen (secondary N) is 1. The lowest BCUT2D eigenvalue weighted by Gasteiger charge is -2.50. The molecule has 0 bridgehead atoms. The molecule has 4 rings (SSSR count). The number of hydrogen-bond acceptors (Lipinski definition) is 9. The SMILES string of the molecule is CNCc1cc(O)c2c(c1Cl)C[C@H]1C[C@H]3[C@H](N(C)C)C(O)=C(C(N)=O)C(=O)[C@@]3(O)C(O)=C1C2=O. The summed E-state index contributed by atoms with van der Waals surface area (Å²) >= 11 is 6.56. The number of fused-ring (bicyclic) bond motifs is 3. The van der Waals surface area contributed by atoms with E-state index in [9.17, 15) is 34.8 Å². The monoisotopic (exact) mass is 491 g/mol. The summed E-state index contributed by atoms with van der Waals surface area (Å²) in [5.41, 5.74) is 2.49. The molecule has 0 heterocycles. The molecule has 0 saturated heterocycles. The summed E-state index contributed by atoms with van der Waals surface area (Å²) in [6, 6.07) is 0.318. The van der Waals surface area contributed by atoms with Crippen LogP contribution in [0.1, 0.15) is 27.9 Å². The van der Waals surface area contributed by atoms with Gasteiger partial charge in [-0.2, -0.15) is 0 Å². The van der Waals surface area contributed by atoms with Crippen molar-refractivity contribution < 1.29 is 34.8 Å². The van der Waals surface area contributed by atoms with E-state index in [0.717, 1.165) is 0 Å². The standard InChI is InChI=1S/C23H26ClN3O7/c1-26-7-9-6-12(28)14-10(16(9)24)4-8-5-11-17(27(2)3)19(30)15(22(25)33)21(32)23(11,34)20(31)13(8)18(14)29/h6,8,11,17,26,28,30-31,34H,4-5,7H2,1-3H3,(H2,25,33)/t8-,11-,17-,23-/m0/s1. The zero-order chi connectivity index (χ0) is 25.3. The van der Waals surface area contributed by atoms with Gasteiger partial charge >= 0.3 is 0 Å². The summed E-state index contributed by atoms with van der Waals surface area (Å²) in [6.07, 6.45) is 0.164. The van der Waals surface area contributed by atoms with Gasteiger partial charge in [0.1, 0.15) is 22.8 Å². The second kappa shape index (κ2) is 8.09. The third-order valence-corrected chi connectivity index (χ3v) is 7.57. The van der Waals surface area contributed by atoms with Crippen molar-refractivity contribution in [3.05, 3.63) is 50.4 Å². The average molecular weight is 492 g/mol. The molecule has 0 aliphatic heterocycles. The van der Waals surface area contributed by atoms with Gasteiger partial charge in [-0.1, -0.05) is 11.6 Å². The highest BCUT2D eigenvalue weighted by molar-refractivity contribution is 6.33. The van der Waals surface area contributed by atoms with E-state index in [0.29, 0.717) is 22.7 Å². The lowest BCUT2D eigenvalue weighted by molar-refractivity contribution is -0.148. The van der Waals surface area contributed by atoms with Gasteiger partial charge in [0, 0.05) is 23.1 Å². The normalized spacial score (nSPS) is 28.7. The molecule has 3 aliphatic carbocycles. The van der Waals surface area contributed by atoms with Crippen molar-refractivity contribution in [3.63, 3.8) is 0 Å². The highest BCUT2D eigenvalue weighted by atomic mass is 35.5. The number of allylic oxidation sites excluding steroid dienone is 1. The third kappa shape index (κ3) is 3.09. The number of aliphatic hydroxyl groups excluding tert-OH is 2. The van der Waals surface area contributed by atoms with Crippen molar-refractivity contribution in [3.8, 4) is 5.75 Å². The Bertz CT molecular complexity index is 1210. The van der Waals surface area contributed by atoms with E-state index in [1.165, 1.54) is 11.0 Å². The zero-order valence-corrected chi connectivity index (χ0v) is 19.6. The van der Waals surface area contributed by atoms with E-state index >= 15 is 0 Å². The van der Waals surface area contributed by atoms with Crippen molar-refractivity contribution in [1.29, 1.82) is 0 Å². The minimum atomic E-state index is -2.66. The van der Waals surface area contributed by atoms with Crippen LogP contribution >= 0.6 is 11.6 Å². The molecule has 0 saturated carbocycles. The van der Waals surface area contributed by atoms with Crippen LogP contribution in [0.2, 0.25) is 5.02 Å². The van der Waals surface area contributed by atoms with Gasteiger partial charge in [0.05, 0.1) is 11.6 Å². The first-order chi connectivity index (χ1) is 15.9. The van der Waals surface area contributed by atoms with Crippen LogP contribution in [0.15, 0.2) is 28.7 Å². The van der Waals surface area contributed by atoms with Gasteiger partial charge in [-0.15, -0.1) is 0 Å². The molecule has 0 unspecified atom stereocenters. The molecule has 3 aliphatic rings. The highest BCUT2D eigenvalue weighted by Gasteiger charge is 2.63. The number of rotatable bonds is 4. The summed E-state index contributed by atoms with van der Waals surface area (Å²) in [5, 5.41) is 47.3. The lowest BCUT2D eigenvalue weighted by Crippen LogP contribution is -2.63. The van der Waals surface area contributed by atoms with Crippen LogP contribution in [0.5, 0.6) is 5.75 Å². The Hall–Kier alpha value is -2.92. The second-order valence-electron chi connectivity index (χ2n) is 9.22. The Morgan fingerprint density at radius 2 is 1.94 bits per heavy atom. The number of Topliss-reactive ketones (excluding diaryl/α,β-unsaturated/α-hetero) is 2. The molecule has 10 nitrogen and oxygen atoms in total. The fraction of sp³-hybridized carbons (Fsp3) is 0.435. The maximum Gasteiger partial charge on any atom is 0.255 e. The van der Waals surface area contributed by atoms with Gasteiger partial charge in [0.2, 0.25) is 5.78 Å². The van der Waals surface area contributed by atoms with E-state index in [2.05, 4.69) is 5.32 Å². The Labute approximate surface area is 200 Å². The molecule has 0 radical (unpaired) electrons. The van der Waals surface area contributed by atoms with E-state index in [4.69, 9.17) is 17.3 Å². The van der Waals surface area contributed by atoms with Crippen LogP contribution < -0.4 is 11.1 Å². The summed E-state index contributed by atoms with van der Waals surface area (Å²) < 4.78 is 0. The van der Waals surface area contributed by atoms with E-state index in [1.807, 2.05) is 0 Å². The summed E-state index contributed by atoms with van der Waals surface area (Å²) in [4.78, 5) is 40.2. The van der Waals surface area contributed by atoms with Crippen molar-refractivity contribution in [2.45, 2.75) is 31.0 Å². The Morgan fingerprint density at radius 1 is 1.29 bits per heavy atom. The quantitative estimate of drug-likeness (QED) is 0.327. The first-order valence-corrected chi connectivity index (χ1v) is 11.1. The maximum atomic E-state index is 13.5. The predicted octanol–water partition coefficient (Wildman–Crippen LogP) is 0.493. The topological polar surface area (TPSA) is 173 Å². The van der Waals surface area contributed by atoms with Crippen LogP contribution in [0, 0.1) is 11.8 Å².